The average molecular weight is 460 g/mol. The van der Waals surface area contributed by atoms with Crippen LogP contribution in [-0.2, 0) is 4.79 Å². The Labute approximate surface area is 188 Å². The van der Waals surface area contributed by atoms with Crippen LogP contribution >= 0.6 is 23.1 Å². The van der Waals surface area contributed by atoms with Crippen molar-refractivity contribution in [2.45, 2.75) is 25.9 Å². The van der Waals surface area contributed by atoms with Gasteiger partial charge in [-0.3, -0.25) is 4.79 Å². The summed E-state index contributed by atoms with van der Waals surface area (Å²) in [7, 11) is 0. The number of anilines is 3. The van der Waals surface area contributed by atoms with Crippen LogP contribution in [0.2, 0.25) is 0 Å². The second-order valence-corrected chi connectivity index (χ2v) is 8.24. The van der Waals surface area contributed by atoms with Gasteiger partial charge in [0.2, 0.25) is 11.1 Å². The number of hydrogen-bond donors (Lipinski definition) is 3. The van der Waals surface area contributed by atoms with Crippen LogP contribution in [0.25, 0.3) is 0 Å². The highest BCUT2D eigenvalue weighted by molar-refractivity contribution is 7.99. The Morgan fingerprint density at radius 2 is 2.03 bits per heavy atom. The van der Waals surface area contributed by atoms with Gasteiger partial charge in [-0.15, -0.1) is 21.5 Å². The van der Waals surface area contributed by atoms with Crippen molar-refractivity contribution in [1.82, 2.24) is 19.9 Å². The summed E-state index contributed by atoms with van der Waals surface area (Å²) in [6, 6.07) is 8.12. The third-order valence-corrected chi connectivity index (χ3v) is 6.08. The molecule has 0 aliphatic rings. The van der Waals surface area contributed by atoms with Crippen molar-refractivity contribution in [3.05, 3.63) is 40.9 Å². The monoisotopic (exact) mass is 459 g/mol. The van der Waals surface area contributed by atoms with E-state index in [0.29, 0.717) is 10.3 Å². The van der Waals surface area contributed by atoms with Gasteiger partial charge in [-0.05, 0) is 38.5 Å². The van der Waals surface area contributed by atoms with Gasteiger partial charge in [-0.25, -0.2) is 15.1 Å². The van der Waals surface area contributed by atoms with Gasteiger partial charge in [-0.2, -0.15) is 5.10 Å². The highest BCUT2D eigenvalue weighted by Crippen LogP contribution is 2.19. The van der Waals surface area contributed by atoms with Crippen molar-refractivity contribution in [1.29, 1.82) is 0 Å². The van der Waals surface area contributed by atoms with E-state index in [2.05, 4.69) is 61.9 Å². The number of thioether (sulfide) groups is 1. The SMILES string of the molecule is CCN(CC)c1ccc(/C=N/Nc2nnc(SCC(=O)Nc3nc(C)cs3)n2N)cc1. The molecule has 0 radical (unpaired) electrons. The van der Waals surface area contributed by atoms with Crippen molar-refractivity contribution in [3.63, 3.8) is 0 Å². The van der Waals surface area contributed by atoms with Gasteiger partial charge in [-0.1, -0.05) is 23.9 Å². The second kappa shape index (κ2) is 10.8. The number of aryl methyl sites for hydroxylation is 1. The number of amides is 1. The predicted molar refractivity (Wildman–Crippen MR) is 128 cm³/mol. The van der Waals surface area contributed by atoms with E-state index in [1.807, 2.05) is 24.4 Å². The van der Waals surface area contributed by atoms with Gasteiger partial charge in [0.15, 0.2) is 5.13 Å². The zero-order valence-corrected chi connectivity index (χ0v) is 19.2. The number of nitrogens with zero attached hydrogens (tertiary/aromatic N) is 6. The smallest absolute Gasteiger partial charge is 0.264 e. The third-order valence-electron chi connectivity index (χ3n) is 4.26. The Morgan fingerprint density at radius 1 is 1.29 bits per heavy atom. The normalized spacial score (nSPS) is 11.1. The number of nitrogen functional groups attached to an aromatic ring is 1. The van der Waals surface area contributed by atoms with Gasteiger partial charge < -0.3 is 16.1 Å². The molecule has 2 heterocycles. The average Bonchev–Trinajstić information content (AvgIpc) is 3.33. The molecule has 10 nitrogen and oxygen atoms in total. The third kappa shape index (κ3) is 6.18. The maximum absolute atomic E-state index is 12.0. The number of rotatable bonds is 10. The lowest BCUT2D eigenvalue weighted by Gasteiger charge is -2.20. The Bertz CT molecular complexity index is 1030. The van der Waals surface area contributed by atoms with E-state index in [0.717, 1.165) is 24.3 Å². The number of carbonyl (C=O) groups is 1. The summed E-state index contributed by atoms with van der Waals surface area (Å²) in [5.74, 6) is 6.21. The van der Waals surface area contributed by atoms with E-state index in [1.165, 1.54) is 33.5 Å². The molecule has 0 saturated carbocycles. The van der Waals surface area contributed by atoms with E-state index in [9.17, 15) is 4.79 Å². The largest absolute Gasteiger partial charge is 0.372 e. The molecule has 12 heteroatoms. The van der Waals surface area contributed by atoms with Crippen molar-refractivity contribution in [2.24, 2.45) is 5.10 Å². The molecule has 0 bridgehead atoms. The summed E-state index contributed by atoms with van der Waals surface area (Å²) < 4.78 is 1.26. The minimum atomic E-state index is -0.192. The molecule has 3 aromatic rings. The first-order valence-corrected chi connectivity index (χ1v) is 11.6. The summed E-state index contributed by atoms with van der Waals surface area (Å²) in [6.07, 6.45) is 1.68. The number of aromatic nitrogens is 4. The number of benzene rings is 1. The predicted octanol–water partition coefficient (Wildman–Crippen LogP) is 2.78. The van der Waals surface area contributed by atoms with E-state index < -0.39 is 0 Å². The fraction of sp³-hybridized carbons (Fsp3) is 0.316. The summed E-state index contributed by atoms with van der Waals surface area (Å²) in [4.78, 5) is 18.5. The molecular weight excluding hydrogens is 434 g/mol. The standard InChI is InChI=1S/C19H25N9OS2/c1-4-27(5-2)15-8-6-14(7-9-15)10-21-24-17-25-26-19(28(17)20)31-12-16(29)23-18-22-13(3)11-30-18/h6-11H,4-5,12,20H2,1-3H3,(H,24,25)(H,22,23,29)/b21-10+. The summed E-state index contributed by atoms with van der Waals surface area (Å²) >= 11 is 2.55. The lowest BCUT2D eigenvalue weighted by molar-refractivity contribution is -0.113. The zero-order valence-electron chi connectivity index (χ0n) is 17.6. The molecule has 1 aromatic carbocycles. The van der Waals surface area contributed by atoms with Gasteiger partial charge in [0.05, 0.1) is 17.7 Å². The molecule has 2 aromatic heterocycles. The van der Waals surface area contributed by atoms with Crippen molar-refractivity contribution >= 4 is 52.0 Å². The Balaban J connectivity index is 1.51. The molecule has 4 N–H and O–H groups in total. The molecule has 0 unspecified atom stereocenters. The maximum Gasteiger partial charge on any atom is 0.264 e. The van der Waals surface area contributed by atoms with Crippen molar-refractivity contribution in [2.75, 3.05) is 40.3 Å². The number of hydrazone groups is 1. The summed E-state index contributed by atoms with van der Waals surface area (Å²) in [5, 5.41) is 17.7. The van der Waals surface area contributed by atoms with Crippen LogP contribution < -0.4 is 21.5 Å². The van der Waals surface area contributed by atoms with Crippen LogP contribution in [0.15, 0.2) is 39.9 Å². The van der Waals surface area contributed by atoms with E-state index in [-0.39, 0.29) is 17.6 Å². The minimum absolute atomic E-state index is 0.135. The van der Waals surface area contributed by atoms with Crippen LogP contribution in [-0.4, -0.2) is 50.8 Å². The lowest BCUT2D eigenvalue weighted by atomic mass is 10.2. The van der Waals surface area contributed by atoms with Crippen LogP contribution in [0.3, 0.4) is 0 Å². The molecule has 0 aliphatic heterocycles. The first-order chi connectivity index (χ1) is 15.0. The Morgan fingerprint density at radius 3 is 2.68 bits per heavy atom. The first-order valence-electron chi connectivity index (χ1n) is 9.69. The molecule has 0 fully saturated rings. The van der Waals surface area contributed by atoms with Gasteiger partial charge in [0.1, 0.15) is 0 Å². The first kappa shape index (κ1) is 22.6. The fourth-order valence-electron chi connectivity index (χ4n) is 2.67. The number of hydrogen-bond acceptors (Lipinski definition) is 10. The van der Waals surface area contributed by atoms with E-state index in [4.69, 9.17) is 5.84 Å². The van der Waals surface area contributed by atoms with E-state index in [1.54, 1.807) is 6.21 Å². The van der Waals surface area contributed by atoms with Crippen LogP contribution in [0.5, 0.6) is 0 Å². The van der Waals surface area contributed by atoms with Crippen LogP contribution in [0.1, 0.15) is 25.1 Å². The van der Waals surface area contributed by atoms with Crippen LogP contribution in [0, 0.1) is 6.92 Å². The topological polar surface area (TPSA) is 126 Å². The Kier molecular flexibility index (Phi) is 7.84. The quantitative estimate of drug-likeness (QED) is 0.183. The fourth-order valence-corrected chi connectivity index (χ4v) is 4.03. The number of nitrogens with two attached hydrogens (primary N) is 1. The molecule has 0 saturated heterocycles. The zero-order chi connectivity index (χ0) is 22.2. The Hall–Kier alpha value is -3.12. The molecule has 164 valence electrons. The molecule has 31 heavy (non-hydrogen) atoms. The maximum atomic E-state index is 12.0. The van der Waals surface area contributed by atoms with Gasteiger partial charge >= 0.3 is 0 Å². The summed E-state index contributed by atoms with van der Waals surface area (Å²) in [6.45, 7) is 8.06. The molecule has 1 amide bonds. The minimum Gasteiger partial charge on any atom is -0.372 e. The van der Waals surface area contributed by atoms with Gasteiger partial charge in [0.25, 0.3) is 5.95 Å². The highest BCUT2D eigenvalue weighted by atomic mass is 32.2. The summed E-state index contributed by atoms with van der Waals surface area (Å²) in [5.41, 5.74) is 5.75. The van der Waals surface area contributed by atoms with Gasteiger partial charge in [0, 0.05) is 24.2 Å². The molecular formula is C19H25N9OS2. The van der Waals surface area contributed by atoms with Crippen LogP contribution in [0.4, 0.5) is 16.8 Å². The number of carbonyl (C=O) groups excluding carboxylic acids is 1. The molecule has 0 aliphatic carbocycles. The number of thiazole rings is 1. The van der Waals surface area contributed by atoms with Crippen molar-refractivity contribution in [3.8, 4) is 0 Å². The molecule has 0 atom stereocenters. The number of nitrogens with one attached hydrogen (secondary N) is 2. The van der Waals surface area contributed by atoms with Crippen molar-refractivity contribution < 1.29 is 4.79 Å². The molecule has 3 rings (SSSR count). The second-order valence-electron chi connectivity index (χ2n) is 6.44. The lowest BCUT2D eigenvalue weighted by Crippen LogP contribution is -2.21. The molecule has 0 spiro atoms. The highest BCUT2D eigenvalue weighted by Gasteiger charge is 2.13. The van der Waals surface area contributed by atoms with E-state index >= 15 is 0 Å².